The zero-order valence-electron chi connectivity index (χ0n) is 14.3. The first-order valence-corrected chi connectivity index (χ1v) is 8.19. The molecule has 5 nitrogen and oxygen atoms in total. The Balaban J connectivity index is 1.96. The number of methoxy groups -OCH3 is 1. The van der Waals surface area contributed by atoms with Gasteiger partial charge in [0, 0.05) is 0 Å². The second-order valence-corrected chi connectivity index (χ2v) is 5.95. The molecule has 0 aromatic heterocycles. The molecule has 0 fully saturated rings. The summed E-state index contributed by atoms with van der Waals surface area (Å²) in [7, 11) is 1.60. The van der Waals surface area contributed by atoms with Gasteiger partial charge in [0.25, 0.3) is 0 Å². The molecule has 0 bridgehead atoms. The molecule has 1 unspecified atom stereocenters. The van der Waals surface area contributed by atoms with Gasteiger partial charge in [-0.2, -0.15) is 0 Å². The first-order chi connectivity index (χ1) is 12.6. The van der Waals surface area contributed by atoms with Gasteiger partial charge in [-0.3, -0.25) is 4.90 Å². The Bertz CT molecular complexity index is 924. The molecule has 132 valence electrons. The maximum atomic E-state index is 11.8. The van der Waals surface area contributed by atoms with Crippen LogP contribution < -0.4 is 4.74 Å². The van der Waals surface area contributed by atoms with Crippen molar-refractivity contribution in [2.24, 2.45) is 0 Å². The molecule has 1 atom stereocenters. The van der Waals surface area contributed by atoms with E-state index in [0.717, 1.165) is 27.0 Å². The maximum Gasteiger partial charge on any atom is 0.408 e. The highest BCUT2D eigenvalue weighted by atomic mass is 16.5. The summed E-state index contributed by atoms with van der Waals surface area (Å²) in [5.41, 5.74) is 1.46. The van der Waals surface area contributed by atoms with Crippen molar-refractivity contribution < 1.29 is 19.4 Å². The highest BCUT2D eigenvalue weighted by Gasteiger charge is 2.25. The van der Waals surface area contributed by atoms with Crippen LogP contribution in [0.25, 0.3) is 10.8 Å². The molecule has 26 heavy (non-hydrogen) atoms. The summed E-state index contributed by atoms with van der Waals surface area (Å²) in [5.74, 6) is 0.744. The number of ether oxygens (including phenoxy) is 1. The molecule has 0 aliphatic carbocycles. The summed E-state index contributed by atoms with van der Waals surface area (Å²) in [6.45, 7) is 0.139. The molecular formula is C21H19NO4. The number of fused-ring (bicyclic) bond motifs is 1. The molecule has 0 aliphatic heterocycles. The second kappa shape index (κ2) is 7.70. The van der Waals surface area contributed by atoms with Crippen LogP contribution in [0.3, 0.4) is 0 Å². The first-order valence-electron chi connectivity index (χ1n) is 8.19. The third kappa shape index (κ3) is 3.67. The normalized spacial score (nSPS) is 11.7. The Morgan fingerprint density at radius 1 is 1.08 bits per heavy atom. The third-order valence-electron chi connectivity index (χ3n) is 4.32. The van der Waals surface area contributed by atoms with Crippen LogP contribution in [0.5, 0.6) is 5.75 Å². The van der Waals surface area contributed by atoms with Gasteiger partial charge in [-0.05, 0) is 40.1 Å². The van der Waals surface area contributed by atoms with Crippen LogP contribution in [0.2, 0.25) is 0 Å². The summed E-state index contributed by atoms with van der Waals surface area (Å²) in [5, 5.41) is 11.5. The van der Waals surface area contributed by atoms with Crippen molar-refractivity contribution in [3.63, 3.8) is 0 Å². The van der Waals surface area contributed by atoms with Crippen molar-refractivity contribution in [3.05, 3.63) is 77.9 Å². The monoisotopic (exact) mass is 349 g/mol. The minimum Gasteiger partial charge on any atom is -0.497 e. The smallest absolute Gasteiger partial charge is 0.408 e. The van der Waals surface area contributed by atoms with E-state index in [1.54, 1.807) is 13.2 Å². The number of amides is 1. The molecule has 0 saturated heterocycles. The predicted octanol–water partition coefficient (Wildman–Crippen LogP) is 4.27. The van der Waals surface area contributed by atoms with Crippen molar-refractivity contribution in [1.29, 1.82) is 0 Å². The fourth-order valence-electron chi connectivity index (χ4n) is 2.95. The molecule has 0 radical (unpaired) electrons. The lowest BCUT2D eigenvalue weighted by molar-refractivity contribution is -0.112. The van der Waals surface area contributed by atoms with E-state index in [1.807, 2.05) is 60.7 Å². The van der Waals surface area contributed by atoms with Crippen molar-refractivity contribution in [2.75, 3.05) is 7.11 Å². The van der Waals surface area contributed by atoms with Crippen molar-refractivity contribution in [1.82, 2.24) is 4.90 Å². The summed E-state index contributed by atoms with van der Waals surface area (Å²) >= 11 is 0. The minimum atomic E-state index is -1.14. The topological polar surface area (TPSA) is 66.8 Å². The van der Waals surface area contributed by atoms with Crippen LogP contribution in [-0.4, -0.2) is 29.5 Å². The molecule has 0 saturated carbocycles. The molecule has 1 amide bonds. The van der Waals surface area contributed by atoms with Crippen molar-refractivity contribution in [3.8, 4) is 5.75 Å². The van der Waals surface area contributed by atoms with Gasteiger partial charge in [0.15, 0.2) is 0 Å². The lowest BCUT2D eigenvalue weighted by atomic mass is 10.0. The highest BCUT2D eigenvalue weighted by Crippen LogP contribution is 2.27. The van der Waals surface area contributed by atoms with E-state index in [-0.39, 0.29) is 6.54 Å². The van der Waals surface area contributed by atoms with Gasteiger partial charge in [-0.15, -0.1) is 0 Å². The van der Waals surface area contributed by atoms with Gasteiger partial charge in [0.2, 0.25) is 0 Å². The van der Waals surface area contributed by atoms with E-state index in [4.69, 9.17) is 4.74 Å². The molecule has 0 aliphatic rings. The van der Waals surface area contributed by atoms with E-state index < -0.39 is 12.1 Å². The largest absolute Gasteiger partial charge is 0.497 e. The third-order valence-corrected chi connectivity index (χ3v) is 4.32. The zero-order valence-corrected chi connectivity index (χ0v) is 14.3. The van der Waals surface area contributed by atoms with Gasteiger partial charge in [-0.1, -0.05) is 48.5 Å². The summed E-state index contributed by atoms with van der Waals surface area (Å²) in [6.07, 6.45) is -0.470. The van der Waals surface area contributed by atoms with Gasteiger partial charge < -0.3 is 14.6 Å². The minimum absolute atomic E-state index is 0.139. The zero-order chi connectivity index (χ0) is 18.5. The summed E-state index contributed by atoms with van der Waals surface area (Å²) in [6, 6.07) is 19.5. The number of nitrogens with zero attached hydrogens (tertiary/aromatic N) is 1. The summed E-state index contributed by atoms with van der Waals surface area (Å²) in [4.78, 5) is 24.7. The van der Waals surface area contributed by atoms with Crippen LogP contribution in [0.15, 0.2) is 66.7 Å². The van der Waals surface area contributed by atoms with Gasteiger partial charge in [0.05, 0.1) is 13.7 Å². The van der Waals surface area contributed by atoms with E-state index in [1.165, 1.54) is 0 Å². The van der Waals surface area contributed by atoms with Crippen LogP contribution in [0, 0.1) is 0 Å². The van der Waals surface area contributed by atoms with E-state index in [2.05, 4.69) is 0 Å². The van der Waals surface area contributed by atoms with Crippen LogP contribution in [0.4, 0.5) is 4.79 Å². The SMILES string of the molecule is COc1ccc2cc(C(C=O)N(Cc3ccccc3)C(=O)O)ccc2c1. The van der Waals surface area contributed by atoms with Crippen LogP contribution in [0.1, 0.15) is 17.2 Å². The average Bonchev–Trinajstić information content (AvgIpc) is 2.68. The molecule has 5 heteroatoms. The Morgan fingerprint density at radius 2 is 1.77 bits per heavy atom. The van der Waals surface area contributed by atoms with Crippen molar-refractivity contribution >= 4 is 23.2 Å². The number of carbonyl (C=O) groups is 2. The van der Waals surface area contributed by atoms with E-state index in [0.29, 0.717) is 11.8 Å². The first kappa shape index (κ1) is 17.5. The Labute approximate surface area is 151 Å². The Morgan fingerprint density at radius 3 is 2.42 bits per heavy atom. The lowest BCUT2D eigenvalue weighted by Gasteiger charge is -2.26. The fraction of sp³-hybridized carbons (Fsp3) is 0.143. The predicted molar refractivity (Wildman–Crippen MR) is 99.3 cm³/mol. The quantitative estimate of drug-likeness (QED) is 0.675. The number of hydrogen-bond donors (Lipinski definition) is 1. The second-order valence-electron chi connectivity index (χ2n) is 5.95. The molecule has 3 rings (SSSR count). The van der Waals surface area contributed by atoms with Gasteiger partial charge in [0.1, 0.15) is 18.1 Å². The molecule has 1 N–H and O–H groups in total. The standard InChI is InChI=1S/C21H19NO4/c1-26-19-10-9-16-11-18(8-7-17(16)12-19)20(14-23)22(21(24)25)13-15-5-3-2-4-6-15/h2-12,14,20H,13H2,1H3,(H,24,25). The van der Waals surface area contributed by atoms with Gasteiger partial charge >= 0.3 is 6.09 Å². The molecular weight excluding hydrogens is 330 g/mol. The van der Waals surface area contributed by atoms with Crippen molar-refractivity contribution in [2.45, 2.75) is 12.6 Å². The molecule has 3 aromatic carbocycles. The number of carboxylic acid groups (broad SMARTS) is 1. The Kier molecular flexibility index (Phi) is 5.17. The molecule has 3 aromatic rings. The van der Waals surface area contributed by atoms with E-state index in [9.17, 15) is 14.7 Å². The Hall–Kier alpha value is -3.34. The molecule has 0 spiro atoms. The van der Waals surface area contributed by atoms with Gasteiger partial charge in [-0.25, -0.2) is 4.79 Å². The number of carbonyl (C=O) groups excluding carboxylic acids is 1. The number of hydrogen-bond acceptors (Lipinski definition) is 3. The average molecular weight is 349 g/mol. The molecule has 0 heterocycles. The van der Waals surface area contributed by atoms with E-state index >= 15 is 0 Å². The number of rotatable bonds is 6. The fourth-order valence-corrected chi connectivity index (χ4v) is 2.95. The van der Waals surface area contributed by atoms with Crippen LogP contribution in [-0.2, 0) is 11.3 Å². The highest BCUT2D eigenvalue weighted by molar-refractivity contribution is 5.86. The summed E-state index contributed by atoms with van der Waals surface area (Å²) < 4.78 is 5.22. The maximum absolute atomic E-state index is 11.8. The lowest BCUT2D eigenvalue weighted by Crippen LogP contribution is -2.34. The number of aldehydes is 1. The van der Waals surface area contributed by atoms with Crippen LogP contribution >= 0.6 is 0 Å². The number of benzene rings is 3.